The average Bonchev–Trinajstić information content (AvgIpc) is 2.64. The van der Waals surface area contributed by atoms with Crippen LogP contribution in [0.25, 0.3) is 0 Å². The molecule has 0 saturated carbocycles. The number of aliphatic carboxylic acids is 1. The standard InChI is InChI=1S/C22H42N2O3/c1-2-3-4-5-6-7-8-9-10-11-12-13-14-18-21(25)24-19-16-15-17-20(23)22(26)27/h14,18,20H,2-13,15-17,19,23H2,1H3,(H,24,25)(H,26,27)/b18-14+/t20-/m0/s1. The van der Waals surface area contributed by atoms with E-state index in [1.807, 2.05) is 6.08 Å². The molecular weight excluding hydrogens is 340 g/mol. The highest BCUT2D eigenvalue weighted by atomic mass is 16.4. The van der Waals surface area contributed by atoms with Gasteiger partial charge in [-0.2, -0.15) is 0 Å². The Bertz CT molecular complexity index is 397. The van der Waals surface area contributed by atoms with Gasteiger partial charge in [-0.3, -0.25) is 9.59 Å². The molecule has 4 N–H and O–H groups in total. The molecule has 0 aromatic rings. The van der Waals surface area contributed by atoms with Crippen LogP contribution in [0.4, 0.5) is 0 Å². The van der Waals surface area contributed by atoms with Gasteiger partial charge in [0.15, 0.2) is 0 Å². The van der Waals surface area contributed by atoms with Gasteiger partial charge in [-0.05, 0) is 38.2 Å². The molecule has 5 heteroatoms. The Kier molecular flexibility index (Phi) is 18.4. The Hall–Kier alpha value is -1.36. The largest absolute Gasteiger partial charge is 0.480 e. The first kappa shape index (κ1) is 25.6. The average molecular weight is 383 g/mol. The third-order valence-electron chi connectivity index (χ3n) is 4.80. The third kappa shape index (κ3) is 19.2. The molecule has 0 aromatic carbocycles. The first-order chi connectivity index (χ1) is 13.1. The number of unbranched alkanes of at least 4 members (excludes halogenated alkanes) is 12. The maximum absolute atomic E-state index is 11.6. The van der Waals surface area contributed by atoms with Gasteiger partial charge in [0, 0.05) is 6.54 Å². The molecule has 0 aliphatic carbocycles. The summed E-state index contributed by atoms with van der Waals surface area (Å²) in [6.07, 6.45) is 21.1. The van der Waals surface area contributed by atoms with Gasteiger partial charge < -0.3 is 16.2 Å². The van der Waals surface area contributed by atoms with Gasteiger partial charge in [0.25, 0.3) is 0 Å². The van der Waals surface area contributed by atoms with Crippen molar-refractivity contribution in [1.29, 1.82) is 0 Å². The maximum atomic E-state index is 11.6. The van der Waals surface area contributed by atoms with Crippen molar-refractivity contribution in [2.45, 2.75) is 109 Å². The number of nitrogens with one attached hydrogen (secondary N) is 1. The molecule has 5 nitrogen and oxygen atoms in total. The topological polar surface area (TPSA) is 92.4 Å². The van der Waals surface area contributed by atoms with Crippen molar-refractivity contribution in [2.24, 2.45) is 5.73 Å². The van der Waals surface area contributed by atoms with E-state index in [9.17, 15) is 9.59 Å². The van der Waals surface area contributed by atoms with Gasteiger partial charge in [-0.25, -0.2) is 0 Å². The maximum Gasteiger partial charge on any atom is 0.320 e. The summed E-state index contributed by atoms with van der Waals surface area (Å²) in [5.41, 5.74) is 5.42. The second kappa shape index (κ2) is 19.4. The summed E-state index contributed by atoms with van der Waals surface area (Å²) in [5, 5.41) is 11.5. The lowest BCUT2D eigenvalue weighted by Gasteiger charge is -2.06. The van der Waals surface area contributed by atoms with Crippen molar-refractivity contribution in [2.75, 3.05) is 6.54 Å². The van der Waals surface area contributed by atoms with E-state index in [1.54, 1.807) is 6.08 Å². The Morgan fingerprint density at radius 3 is 2.00 bits per heavy atom. The second-order valence-corrected chi connectivity index (χ2v) is 7.46. The minimum atomic E-state index is -0.968. The van der Waals surface area contributed by atoms with E-state index >= 15 is 0 Å². The zero-order valence-corrected chi connectivity index (χ0v) is 17.4. The number of rotatable bonds is 19. The summed E-state index contributed by atoms with van der Waals surface area (Å²) in [6, 6.07) is -0.800. The van der Waals surface area contributed by atoms with Crippen LogP contribution in [0.1, 0.15) is 103 Å². The van der Waals surface area contributed by atoms with Crippen LogP contribution in [-0.2, 0) is 9.59 Å². The molecule has 0 rings (SSSR count). The minimum absolute atomic E-state index is 0.0689. The van der Waals surface area contributed by atoms with Crippen LogP contribution in [0, 0.1) is 0 Å². The molecule has 0 aliphatic rings. The Labute approximate surface area is 166 Å². The highest BCUT2D eigenvalue weighted by Gasteiger charge is 2.09. The van der Waals surface area contributed by atoms with Gasteiger partial charge in [0.1, 0.15) is 6.04 Å². The molecule has 0 aromatic heterocycles. The summed E-state index contributed by atoms with van der Waals surface area (Å²) in [4.78, 5) is 22.2. The summed E-state index contributed by atoms with van der Waals surface area (Å²) < 4.78 is 0. The zero-order chi connectivity index (χ0) is 20.2. The predicted molar refractivity (Wildman–Crippen MR) is 113 cm³/mol. The summed E-state index contributed by atoms with van der Waals surface area (Å²) in [6.45, 7) is 2.82. The van der Waals surface area contributed by atoms with Gasteiger partial charge in [0.2, 0.25) is 5.91 Å². The summed E-state index contributed by atoms with van der Waals surface area (Å²) in [5.74, 6) is -1.04. The van der Waals surface area contributed by atoms with E-state index in [0.717, 1.165) is 19.3 Å². The fourth-order valence-electron chi connectivity index (χ4n) is 3.00. The molecule has 0 fully saturated rings. The Morgan fingerprint density at radius 1 is 0.889 bits per heavy atom. The molecule has 0 aliphatic heterocycles. The SMILES string of the molecule is CCCCCCCCCCCCC/C=C/C(=O)NCCCC[C@H](N)C(=O)O. The number of allylic oxidation sites excluding steroid dienone is 1. The second-order valence-electron chi connectivity index (χ2n) is 7.46. The van der Waals surface area contributed by atoms with Crippen LogP contribution in [0.3, 0.4) is 0 Å². The molecule has 0 radical (unpaired) electrons. The normalized spacial score (nSPS) is 12.4. The minimum Gasteiger partial charge on any atom is -0.480 e. The van der Waals surface area contributed by atoms with Crippen LogP contribution >= 0.6 is 0 Å². The van der Waals surface area contributed by atoms with E-state index in [1.165, 1.54) is 64.2 Å². The fraction of sp³-hybridized carbons (Fsp3) is 0.818. The van der Waals surface area contributed by atoms with E-state index in [4.69, 9.17) is 10.8 Å². The number of carboxylic acid groups (broad SMARTS) is 1. The van der Waals surface area contributed by atoms with Crippen LogP contribution in [0.2, 0.25) is 0 Å². The lowest BCUT2D eigenvalue weighted by molar-refractivity contribution is -0.138. The molecule has 27 heavy (non-hydrogen) atoms. The molecule has 1 amide bonds. The summed E-state index contributed by atoms with van der Waals surface area (Å²) in [7, 11) is 0. The van der Waals surface area contributed by atoms with Gasteiger partial charge in [-0.15, -0.1) is 0 Å². The third-order valence-corrected chi connectivity index (χ3v) is 4.80. The number of nitrogens with two attached hydrogens (primary N) is 1. The van der Waals surface area contributed by atoms with Crippen molar-refractivity contribution in [1.82, 2.24) is 5.32 Å². The van der Waals surface area contributed by atoms with Gasteiger partial charge >= 0.3 is 5.97 Å². The quantitative estimate of drug-likeness (QED) is 0.218. The van der Waals surface area contributed by atoms with Crippen LogP contribution < -0.4 is 11.1 Å². The van der Waals surface area contributed by atoms with Gasteiger partial charge in [-0.1, -0.05) is 77.2 Å². The van der Waals surface area contributed by atoms with Crippen molar-refractivity contribution >= 4 is 11.9 Å². The molecular formula is C22H42N2O3. The van der Waals surface area contributed by atoms with E-state index < -0.39 is 12.0 Å². The van der Waals surface area contributed by atoms with E-state index in [-0.39, 0.29) is 5.91 Å². The van der Waals surface area contributed by atoms with Crippen molar-refractivity contribution in [3.63, 3.8) is 0 Å². The van der Waals surface area contributed by atoms with Crippen molar-refractivity contribution in [3.05, 3.63) is 12.2 Å². The number of carbonyl (C=O) groups is 2. The Morgan fingerprint density at radius 2 is 1.44 bits per heavy atom. The first-order valence-corrected chi connectivity index (χ1v) is 11.0. The Balaban J connectivity index is 3.33. The molecule has 0 bridgehead atoms. The molecule has 0 spiro atoms. The molecule has 158 valence electrons. The predicted octanol–water partition coefficient (Wildman–Crippen LogP) is 4.94. The smallest absolute Gasteiger partial charge is 0.320 e. The fourth-order valence-corrected chi connectivity index (χ4v) is 3.00. The molecule has 0 saturated heterocycles. The van der Waals surface area contributed by atoms with Crippen molar-refractivity contribution < 1.29 is 14.7 Å². The lowest BCUT2D eigenvalue weighted by Crippen LogP contribution is -2.30. The lowest BCUT2D eigenvalue weighted by atomic mass is 10.1. The van der Waals surface area contributed by atoms with Crippen LogP contribution in [-0.4, -0.2) is 29.6 Å². The van der Waals surface area contributed by atoms with Gasteiger partial charge in [0.05, 0.1) is 0 Å². The number of amides is 1. The van der Waals surface area contributed by atoms with Crippen LogP contribution in [0.5, 0.6) is 0 Å². The number of hydrogen-bond acceptors (Lipinski definition) is 3. The molecule has 1 atom stereocenters. The van der Waals surface area contributed by atoms with Crippen molar-refractivity contribution in [3.8, 4) is 0 Å². The summed E-state index contributed by atoms with van der Waals surface area (Å²) >= 11 is 0. The highest BCUT2D eigenvalue weighted by molar-refractivity contribution is 5.87. The number of carbonyl (C=O) groups excluding carboxylic acids is 1. The first-order valence-electron chi connectivity index (χ1n) is 11.0. The zero-order valence-electron chi connectivity index (χ0n) is 17.4. The monoisotopic (exact) mass is 382 g/mol. The van der Waals surface area contributed by atoms with E-state index in [0.29, 0.717) is 19.4 Å². The molecule has 0 heterocycles. The van der Waals surface area contributed by atoms with Crippen LogP contribution in [0.15, 0.2) is 12.2 Å². The number of hydrogen-bond donors (Lipinski definition) is 3. The number of carboxylic acids is 1. The van der Waals surface area contributed by atoms with E-state index in [2.05, 4.69) is 12.2 Å². The highest BCUT2D eigenvalue weighted by Crippen LogP contribution is 2.12. The molecule has 0 unspecified atom stereocenters.